The lowest BCUT2D eigenvalue weighted by atomic mass is 9.76. The SMILES string of the molecule is CC1CC(c2nc(-c3ccc4ccc(-c5ccccc5)nc4c3)c3c(N)nccn23)C1. The number of anilines is 1. The molecule has 0 amide bonds. The van der Waals surface area contributed by atoms with Crippen molar-refractivity contribution < 1.29 is 0 Å². The van der Waals surface area contributed by atoms with E-state index in [0.29, 0.717) is 11.7 Å². The van der Waals surface area contributed by atoms with Crippen LogP contribution in [0, 0.1) is 5.92 Å². The van der Waals surface area contributed by atoms with Crippen LogP contribution in [0.2, 0.25) is 0 Å². The van der Waals surface area contributed by atoms with Crippen molar-refractivity contribution in [2.75, 3.05) is 5.73 Å². The predicted octanol–water partition coefficient (Wildman–Crippen LogP) is 5.71. The van der Waals surface area contributed by atoms with Gasteiger partial charge in [-0.1, -0.05) is 55.5 Å². The Hall–Kier alpha value is -3.73. The van der Waals surface area contributed by atoms with Crippen LogP contribution in [-0.2, 0) is 0 Å². The molecule has 0 bridgehead atoms. The molecule has 0 radical (unpaired) electrons. The van der Waals surface area contributed by atoms with Crippen molar-refractivity contribution >= 4 is 22.2 Å². The first-order valence-corrected chi connectivity index (χ1v) is 10.8. The van der Waals surface area contributed by atoms with Gasteiger partial charge in [0.1, 0.15) is 22.9 Å². The Morgan fingerprint density at radius 1 is 0.935 bits per heavy atom. The fourth-order valence-electron chi connectivity index (χ4n) is 4.72. The highest BCUT2D eigenvalue weighted by Crippen LogP contribution is 2.42. The van der Waals surface area contributed by atoms with Gasteiger partial charge in [-0.2, -0.15) is 0 Å². The number of nitrogens with two attached hydrogens (primary N) is 1. The molecule has 1 fully saturated rings. The van der Waals surface area contributed by atoms with Crippen molar-refractivity contribution in [2.45, 2.75) is 25.7 Å². The Bertz CT molecular complexity index is 1410. The quantitative estimate of drug-likeness (QED) is 0.418. The highest BCUT2D eigenvalue weighted by atomic mass is 15.1. The molecule has 5 heteroatoms. The minimum Gasteiger partial charge on any atom is -0.382 e. The van der Waals surface area contributed by atoms with Gasteiger partial charge in [0.15, 0.2) is 0 Å². The van der Waals surface area contributed by atoms with E-state index in [-0.39, 0.29) is 0 Å². The van der Waals surface area contributed by atoms with Gasteiger partial charge in [0.25, 0.3) is 0 Å². The maximum Gasteiger partial charge on any atom is 0.150 e. The number of imidazole rings is 1. The molecule has 152 valence electrons. The van der Waals surface area contributed by atoms with E-state index in [4.69, 9.17) is 15.7 Å². The van der Waals surface area contributed by atoms with E-state index in [1.807, 2.05) is 24.4 Å². The lowest BCUT2D eigenvalue weighted by Gasteiger charge is -2.31. The first kappa shape index (κ1) is 18.1. The second-order valence-corrected chi connectivity index (χ2v) is 8.59. The van der Waals surface area contributed by atoms with E-state index in [1.54, 1.807) is 6.20 Å². The van der Waals surface area contributed by atoms with Crippen LogP contribution in [0.1, 0.15) is 31.5 Å². The summed E-state index contributed by atoms with van der Waals surface area (Å²) in [7, 11) is 0. The molecule has 5 aromatic rings. The molecule has 0 aliphatic heterocycles. The number of hydrogen-bond acceptors (Lipinski definition) is 4. The molecule has 6 rings (SSSR count). The summed E-state index contributed by atoms with van der Waals surface area (Å²) in [5.74, 6) is 2.82. The Labute approximate surface area is 180 Å². The lowest BCUT2D eigenvalue weighted by molar-refractivity contribution is 0.277. The minimum atomic E-state index is 0.473. The highest BCUT2D eigenvalue weighted by Gasteiger charge is 2.31. The molecule has 1 saturated carbocycles. The molecular weight excluding hydrogens is 382 g/mol. The Balaban J connectivity index is 1.51. The molecule has 0 atom stereocenters. The fourth-order valence-corrected chi connectivity index (χ4v) is 4.72. The zero-order valence-electron chi connectivity index (χ0n) is 17.4. The van der Waals surface area contributed by atoms with Gasteiger partial charge in [0.2, 0.25) is 0 Å². The first-order chi connectivity index (χ1) is 15.2. The molecule has 0 saturated heterocycles. The normalized spacial score (nSPS) is 18.4. The number of benzene rings is 2. The van der Waals surface area contributed by atoms with Gasteiger partial charge >= 0.3 is 0 Å². The number of pyridine rings is 1. The number of aromatic nitrogens is 4. The second kappa shape index (κ2) is 6.91. The molecule has 0 spiro atoms. The van der Waals surface area contributed by atoms with E-state index in [1.165, 1.54) is 12.8 Å². The zero-order chi connectivity index (χ0) is 20.9. The summed E-state index contributed by atoms with van der Waals surface area (Å²) in [5.41, 5.74) is 12.1. The monoisotopic (exact) mass is 405 g/mol. The summed E-state index contributed by atoms with van der Waals surface area (Å²) in [4.78, 5) is 14.4. The van der Waals surface area contributed by atoms with Gasteiger partial charge < -0.3 is 5.73 Å². The Morgan fingerprint density at radius 2 is 1.74 bits per heavy atom. The second-order valence-electron chi connectivity index (χ2n) is 8.59. The van der Waals surface area contributed by atoms with Crippen LogP contribution in [0.3, 0.4) is 0 Å². The molecule has 1 aliphatic carbocycles. The number of rotatable bonds is 3. The van der Waals surface area contributed by atoms with Crippen LogP contribution < -0.4 is 5.73 Å². The van der Waals surface area contributed by atoms with E-state index < -0.39 is 0 Å². The van der Waals surface area contributed by atoms with E-state index >= 15 is 0 Å². The molecule has 1 aliphatic rings. The highest BCUT2D eigenvalue weighted by molar-refractivity contribution is 5.91. The van der Waals surface area contributed by atoms with Crippen molar-refractivity contribution in [3.8, 4) is 22.5 Å². The standard InChI is InChI=1S/C26H23N5/c1-16-13-20(14-16)26-30-23(24-25(27)28-11-12-31(24)26)19-8-7-18-9-10-21(29-22(18)15-19)17-5-3-2-4-6-17/h2-12,15-16,20H,13-14H2,1H3,(H2,27,28). The number of hydrogen-bond donors (Lipinski definition) is 1. The largest absolute Gasteiger partial charge is 0.382 e. The number of nitrogens with zero attached hydrogens (tertiary/aromatic N) is 4. The molecule has 2 aromatic carbocycles. The maximum atomic E-state index is 6.32. The number of nitrogen functional groups attached to an aromatic ring is 1. The van der Waals surface area contributed by atoms with Crippen LogP contribution in [-0.4, -0.2) is 19.4 Å². The van der Waals surface area contributed by atoms with E-state index in [0.717, 1.165) is 50.7 Å². The summed E-state index contributed by atoms with van der Waals surface area (Å²) in [5, 5.41) is 1.10. The molecule has 3 heterocycles. The summed E-state index contributed by atoms with van der Waals surface area (Å²) >= 11 is 0. The minimum absolute atomic E-state index is 0.473. The molecule has 3 aromatic heterocycles. The van der Waals surface area contributed by atoms with Crippen LogP contribution in [0.25, 0.3) is 38.9 Å². The molecule has 2 N–H and O–H groups in total. The zero-order valence-corrected chi connectivity index (χ0v) is 17.4. The van der Waals surface area contributed by atoms with Crippen molar-refractivity contribution in [3.05, 3.63) is 78.9 Å². The Morgan fingerprint density at radius 3 is 2.55 bits per heavy atom. The van der Waals surface area contributed by atoms with Gasteiger partial charge in [-0.25, -0.2) is 15.0 Å². The molecule has 5 nitrogen and oxygen atoms in total. The van der Waals surface area contributed by atoms with Crippen LogP contribution in [0.5, 0.6) is 0 Å². The van der Waals surface area contributed by atoms with Crippen molar-refractivity contribution in [3.63, 3.8) is 0 Å². The summed E-state index contributed by atoms with van der Waals surface area (Å²) < 4.78 is 2.13. The summed E-state index contributed by atoms with van der Waals surface area (Å²) in [6, 6.07) is 20.8. The molecule has 0 unspecified atom stereocenters. The summed E-state index contributed by atoms with van der Waals surface area (Å²) in [6.45, 7) is 2.29. The van der Waals surface area contributed by atoms with Gasteiger partial charge in [0.05, 0.1) is 11.2 Å². The fraction of sp³-hybridized carbons (Fsp3) is 0.192. The van der Waals surface area contributed by atoms with Gasteiger partial charge in [0, 0.05) is 34.8 Å². The Kier molecular flexibility index (Phi) is 4.03. The molecular formula is C26H23N5. The average Bonchev–Trinajstić information content (AvgIpc) is 3.17. The van der Waals surface area contributed by atoms with Crippen LogP contribution in [0.4, 0.5) is 5.82 Å². The van der Waals surface area contributed by atoms with E-state index in [2.05, 4.69) is 58.8 Å². The van der Waals surface area contributed by atoms with Gasteiger partial charge in [-0.3, -0.25) is 4.40 Å². The third-order valence-electron chi connectivity index (χ3n) is 6.38. The topological polar surface area (TPSA) is 69.1 Å². The van der Waals surface area contributed by atoms with Gasteiger partial charge in [-0.15, -0.1) is 0 Å². The van der Waals surface area contributed by atoms with Crippen molar-refractivity contribution in [2.24, 2.45) is 5.92 Å². The molecule has 31 heavy (non-hydrogen) atoms. The van der Waals surface area contributed by atoms with Gasteiger partial charge in [-0.05, 0) is 30.9 Å². The number of fused-ring (bicyclic) bond motifs is 2. The predicted molar refractivity (Wildman–Crippen MR) is 125 cm³/mol. The average molecular weight is 406 g/mol. The smallest absolute Gasteiger partial charge is 0.150 e. The van der Waals surface area contributed by atoms with Crippen LogP contribution in [0.15, 0.2) is 73.1 Å². The first-order valence-electron chi connectivity index (χ1n) is 10.8. The maximum absolute atomic E-state index is 6.32. The third-order valence-corrected chi connectivity index (χ3v) is 6.38. The third kappa shape index (κ3) is 2.96. The summed E-state index contributed by atoms with van der Waals surface area (Å²) in [6.07, 6.45) is 6.07. The van der Waals surface area contributed by atoms with Crippen molar-refractivity contribution in [1.29, 1.82) is 0 Å². The van der Waals surface area contributed by atoms with E-state index in [9.17, 15) is 0 Å². The van der Waals surface area contributed by atoms with Crippen molar-refractivity contribution in [1.82, 2.24) is 19.4 Å². The lowest BCUT2D eigenvalue weighted by Crippen LogP contribution is -2.21. The van der Waals surface area contributed by atoms with Crippen LogP contribution >= 0.6 is 0 Å².